The van der Waals surface area contributed by atoms with Gasteiger partial charge in [0.1, 0.15) is 11.3 Å². The van der Waals surface area contributed by atoms with Crippen molar-refractivity contribution in [2.24, 2.45) is 0 Å². The van der Waals surface area contributed by atoms with E-state index in [9.17, 15) is 0 Å². The number of aryl methyl sites for hydroxylation is 1. The lowest BCUT2D eigenvalue weighted by Gasteiger charge is -2.34. The summed E-state index contributed by atoms with van der Waals surface area (Å²) in [5.74, 6) is 1.13. The van der Waals surface area contributed by atoms with E-state index >= 15 is 0 Å². The second-order valence-corrected chi connectivity index (χ2v) is 16.8. The number of furan rings is 1. The molecule has 63 heavy (non-hydrogen) atoms. The van der Waals surface area contributed by atoms with Crippen LogP contribution in [0.25, 0.3) is 39.3 Å². The summed E-state index contributed by atoms with van der Waals surface area (Å²) in [6.45, 7) is 6.12. The van der Waals surface area contributed by atoms with Crippen LogP contribution in [0.3, 0.4) is 0 Å². The van der Waals surface area contributed by atoms with Gasteiger partial charge in [-0.3, -0.25) is 0 Å². The van der Waals surface area contributed by atoms with E-state index in [4.69, 9.17) is 4.42 Å². The summed E-state index contributed by atoms with van der Waals surface area (Å²) in [5, 5.41) is 1.10. The van der Waals surface area contributed by atoms with Crippen molar-refractivity contribution in [3.8, 4) is 22.3 Å². The van der Waals surface area contributed by atoms with Crippen molar-refractivity contribution in [3.63, 3.8) is 0 Å². The molecular formula is C60H44N2O. The van der Waals surface area contributed by atoms with E-state index in [1.54, 1.807) is 6.08 Å². The third kappa shape index (κ3) is 5.59. The number of benzene rings is 8. The molecule has 1 aromatic heterocycles. The lowest BCUT2D eigenvalue weighted by Crippen LogP contribution is -2.28. The molecule has 2 unspecified atom stereocenters. The third-order valence-electron chi connectivity index (χ3n) is 13.7. The summed E-state index contributed by atoms with van der Waals surface area (Å²) in [5.41, 5.74) is 18.3. The molecule has 9 aromatic rings. The zero-order valence-corrected chi connectivity index (χ0v) is 35.0. The first-order chi connectivity index (χ1) is 31.1. The average molecular weight is 809 g/mol. The molecule has 0 amide bonds. The maximum absolute atomic E-state index is 6.44. The SMILES string of the molecule is C=Cc1oc2c(-c3cccc(N(c4ccc(N5c6ccccc6C6C=CC=CC65)cc4)c4ccc(C5(c6ccccc6)c6ccccc6-c6ccccc65)cc4)c3)cccc2c1C. The van der Waals surface area contributed by atoms with Crippen LogP contribution in [0.15, 0.2) is 229 Å². The van der Waals surface area contributed by atoms with Gasteiger partial charge in [-0.05, 0) is 112 Å². The van der Waals surface area contributed by atoms with Crippen molar-refractivity contribution < 1.29 is 4.42 Å². The van der Waals surface area contributed by atoms with Crippen LogP contribution in [0, 0.1) is 6.92 Å². The summed E-state index contributed by atoms with van der Waals surface area (Å²) in [7, 11) is 0. The van der Waals surface area contributed by atoms with E-state index in [1.807, 2.05) is 0 Å². The molecule has 2 atom stereocenters. The predicted molar refractivity (Wildman–Crippen MR) is 262 cm³/mol. The molecule has 0 radical (unpaired) electrons. The number of rotatable bonds is 8. The third-order valence-corrected chi connectivity index (χ3v) is 13.7. The molecule has 0 N–H and O–H groups in total. The maximum Gasteiger partial charge on any atom is 0.142 e. The number of hydrogen-bond acceptors (Lipinski definition) is 3. The largest absolute Gasteiger partial charge is 0.456 e. The Balaban J connectivity index is 1.01. The summed E-state index contributed by atoms with van der Waals surface area (Å²) < 4.78 is 6.44. The van der Waals surface area contributed by atoms with E-state index in [1.165, 1.54) is 50.3 Å². The number of allylic oxidation sites excluding steroid dienone is 2. The smallest absolute Gasteiger partial charge is 0.142 e. The van der Waals surface area contributed by atoms with E-state index < -0.39 is 5.41 Å². The fraction of sp³-hybridized carbons (Fsp3) is 0.0667. The first-order valence-corrected chi connectivity index (χ1v) is 21.9. The van der Waals surface area contributed by atoms with Gasteiger partial charge in [0.05, 0.1) is 11.5 Å². The van der Waals surface area contributed by atoms with Crippen molar-refractivity contribution in [1.29, 1.82) is 0 Å². The Hall–Kier alpha value is -7.88. The summed E-state index contributed by atoms with van der Waals surface area (Å²) in [6, 6.07) is 71.6. The molecule has 3 heteroatoms. The Morgan fingerprint density at radius 3 is 1.94 bits per heavy atom. The average Bonchev–Trinajstić information content (AvgIpc) is 3.98. The van der Waals surface area contributed by atoms with E-state index in [0.717, 1.165) is 50.5 Å². The monoisotopic (exact) mass is 808 g/mol. The molecule has 3 aliphatic rings. The number of para-hydroxylation sites is 2. The molecule has 8 aromatic carbocycles. The fourth-order valence-electron chi connectivity index (χ4n) is 10.9. The Morgan fingerprint density at radius 1 is 0.571 bits per heavy atom. The quantitative estimate of drug-likeness (QED) is 0.152. The van der Waals surface area contributed by atoms with Gasteiger partial charge in [0, 0.05) is 50.9 Å². The Morgan fingerprint density at radius 2 is 1.19 bits per heavy atom. The van der Waals surface area contributed by atoms with Crippen LogP contribution < -0.4 is 9.80 Å². The molecule has 3 nitrogen and oxygen atoms in total. The summed E-state index contributed by atoms with van der Waals surface area (Å²) >= 11 is 0. The molecule has 0 saturated heterocycles. The maximum atomic E-state index is 6.44. The second-order valence-electron chi connectivity index (χ2n) is 16.8. The van der Waals surface area contributed by atoms with E-state index in [0.29, 0.717) is 5.92 Å². The zero-order chi connectivity index (χ0) is 42.1. The minimum Gasteiger partial charge on any atom is -0.456 e. The molecule has 1 aliphatic heterocycles. The van der Waals surface area contributed by atoms with E-state index in [2.05, 4.69) is 242 Å². The van der Waals surface area contributed by atoms with Crippen LogP contribution in [0.5, 0.6) is 0 Å². The lowest BCUT2D eigenvalue weighted by molar-refractivity contribution is 0.602. The van der Waals surface area contributed by atoms with Crippen LogP contribution in [-0.2, 0) is 5.41 Å². The molecule has 0 saturated carbocycles. The van der Waals surface area contributed by atoms with Crippen LogP contribution in [-0.4, -0.2) is 6.04 Å². The highest BCUT2D eigenvalue weighted by molar-refractivity contribution is 5.97. The van der Waals surface area contributed by atoms with E-state index in [-0.39, 0.29) is 6.04 Å². The number of hydrogen-bond donors (Lipinski definition) is 0. The van der Waals surface area contributed by atoms with Gasteiger partial charge in [-0.15, -0.1) is 0 Å². The first-order valence-electron chi connectivity index (χ1n) is 21.9. The van der Waals surface area contributed by atoms with Gasteiger partial charge >= 0.3 is 0 Å². The van der Waals surface area contributed by atoms with Gasteiger partial charge in [0.2, 0.25) is 0 Å². The number of fused-ring (bicyclic) bond motifs is 7. The molecular weight excluding hydrogens is 765 g/mol. The Bertz CT molecular complexity index is 3230. The molecule has 300 valence electrons. The predicted octanol–water partition coefficient (Wildman–Crippen LogP) is 15.6. The molecule has 2 aliphatic carbocycles. The zero-order valence-electron chi connectivity index (χ0n) is 35.0. The molecule has 0 fully saturated rings. The van der Waals surface area contributed by atoms with Crippen LogP contribution in [0.1, 0.15) is 45.1 Å². The molecule has 2 heterocycles. The van der Waals surface area contributed by atoms with Gasteiger partial charge in [0.15, 0.2) is 0 Å². The fourth-order valence-corrected chi connectivity index (χ4v) is 10.9. The number of anilines is 5. The topological polar surface area (TPSA) is 19.6 Å². The van der Waals surface area contributed by atoms with Crippen molar-refractivity contribution in [2.45, 2.75) is 24.3 Å². The highest BCUT2D eigenvalue weighted by Crippen LogP contribution is 2.56. The van der Waals surface area contributed by atoms with Crippen molar-refractivity contribution in [3.05, 3.63) is 264 Å². The summed E-state index contributed by atoms with van der Waals surface area (Å²) in [6.07, 6.45) is 10.8. The minimum absolute atomic E-state index is 0.232. The van der Waals surface area contributed by atoms with Crippen molar-refractivity contribution in [2.75, 3.05) is 9.80 Å². The van der Waals surface area contributed by atoms with Crippen molar-refractivity contribution in [1.82, 2.24) is 0 Å². The Kier molecular flexibility index (Phi) is 8.58. The molecule has 0 bridgehead atoms. The molecule has 12 rings (SSSR count). The van der Waals surface area contributed by atoms with Crippen molar-refractivity contribution >= 4 is 45.5 Å². The van der Waals surface area contributed by atoms with Crippen LogP contribution in [0.2, 0.25) is 0 Å². The van der Waals surface area contributed by atoms with Crippen LogP contribution >= 0.6 is 0 Å². The van der Waals surface area contributed by atoms with Gasteiger partial charge in [0.25, 0.3) is 0 Å². The van der Waals surface area contributed by atoms with Gasteiger partial charge in [-0.2, -0.15) is 0 Å². The normalized spacial score (nSPS) is 16.4. The first kappa shape index (κ1) is 36.9. The lowest BCUT2D eigenvalue weighted by atomic mass is 9.68. The van der Waals surface area contributed by atoms with Crippen LogP contribution in [0.4, 0.5) is 28.4 Å². The highest BCUT2D eigenvalue weighted by atomic mass is 16.3. The number of nitrogens with zero attached hydrogens (tertiary/aromatic N) is 2. The standard InChI is InChI=1S/C60H44N2O/c1-3-58-40(2)48-25-16-26-49(59(48)63-58)41-17-15-20-47(39-41)61(45-35-37-46(38-36-45)62-56-29-13-9-23-52(56)53-24-10-14-30-57(53)62)44-33-31-43(32-34-44)60(42-18-5-4-6-19-42)54-27-11-7-21-50(54)51-22-8-12-28-55(51)60/h3-39,52,56H,1H2,2H3. The summed E-state index contributed by atoms with van der Waals surface area (Å²) in [4.78, 5) is 4.88. The van der Waals surface area contributed by atoms with Gasteiger partial charge in [-0.1, -0.05) is 170 Å². The van der Waals surface area contributed by atoms with Gasteiger partial charge in [-0.25, -0.2) is 0 Å². The Labute approximate surface area is 368 Å². The van der Waals surface area contributed by atoms with Gasteiger partial charge < -0.3 is 14.2 Å². The second kappa shape index (κ2) is 14.6. The highest BCUT2D eigenvalue weighted by Gasteiger charge is 2.46. The molecule has 0 spiro atoms. The minimum atomic E-state index is -0.476.